The molecule has 118 valence electrons. The number of nitrogens with zero attached hydrogens (tertiary/aromatic N) is 1. The second-order valence-corrected chi connectivity index (χ2v) is 7.64. The number of ether oxygens (including phenoxy) is 1. The molecule has 0 saturated carbocycles. The van der Waals surface area contributed by atoms with Gasteiger partial charge in [-0.15, -0.1) is 11.6 Å². The van der Waals surface area contributed by atoms with Crippen molar-refractivity contribution in [2.75, 3.05) is 19.8 Å². The van der Waals surface area contributed by atoms with Gasteiger partial charge in [-0.05, 0) is 18.6 Å². The van der Waals surface area contributed by atoms with Gasteiger partial charge in [0.25, 0.3) is 0 Å². The third kappa shape index (κ3) is 3.33. The van der Waals surface area contributed by atoms with Crippen LogP contribution in [0.3, 0.4) is 0 Å². The molecule has 1 fully saturated rings. The number of morpholine rings is 1. The fourth-order valence-electron chi connectivity index (χ4n) is 2.30. The summed E-state index contributed by atoms with van der Waals surface area (Å²) >= 11 is 18.0. The standard InChI is InChI=1S/C13H16Cl3NO3S/c1-2-9-8-20-6-5-17(9)21(18,19)12-4-3-11(15)10(7-14)13(12)16/h3-4,9H,2,5-8H2,1H3. The molecule has 0 aromatic heterocycles. The summed E-state index contributed by atoms with van der Waals surface area (Å²) in [5.74, 6) is 0.0569. The summed E-state index contributed by atoms with van der Waals surface area (Å²) in [6.45, 7) is 3.01. The summed E-state index contributed by atoms with van der Waals surface area (Å²) < 4.78 is 32.5. The summed E-state index contributed by atoms with van der Waals surface area (Å²) in [5, 5.41) is 0.460. The first-order chi connectivity index (χ1) is 9.93. The van der Waals surface area contributed by atoms with Gasteiger partial charge in [0.1, 0.15) is 4.90 Å². The predicted molar refractivity (Wildman–Crippen MR) is 84.8 cm³/mol. The van der Waals surface area contributed by atoms with Crippen molar-refractivity contribution in [1.29, 1.82) is 0 Å². The summed E-state index contributed by atoms with van der Waals surface area (Å²) in [7, 11) is -3.70. The van der Waals surface area contributed by atoms with Gasteiger partial charge >= 0.3 is 0 Å². The molecule has 1 unspecified atom stereocenters. The van der Waals surface area contributed by atoms with Gasteiger partial charge in [-0.1, -0.05) is 30.1 Å². The Morgan fingerprint density at radius 2 is 2.10 bits per heavy atom. The zero-order chi connectivity index (χ0) is 15.6. The maximum absolute atomic E-state index is 12.9. The molecule has 1 atom stereocenters. The van der Waals surface area contributed by atoms with E-state index in [1.54, 1.807) is 0 Å². The lowest BCUT2D eigenvalue weighted by molar-refractivity contribution is 0.0314. The van der Waals surface area contributed by atoms with E-state index in [4.69, 9.17) is 39.5 Å². The van der Waals surface area contributed by atoms with Crippen LogP contribution in [0.4, 0.5) is 0 Å². The molecule has 8 heteroatoms. The average Bonchev–Trinajstić information content (AvgIpc) is 2.47. The smallest absolute Gasteiger partial charge is 0.244 e. The molecule has 1 heterocycles. The third-order valence-electron chi connectivity index (χ3n) is 3.52. The van der Waals surface area contributed by atoms with Crippen molar-refractivity contribution >= 4 is 44.8 Å². The topological polar surface area (TPSA) is 46.6 Å². The lowest BCUT2D eigenvalue weighted by Crippen LogP contribution is -2.48. The number of hydrogen-bond acceptors (Lipinski definition) is 3. The highest BCUT2D eigenvalue weighted by molar-refractivity contribution is 7.89. The molecule has 1 saturated heterocycles. The third-order valence-corrected chi connectivity index (χ3v) is 6.67. The minimum Gasteiger partial charge on any atom is -0.378 e. The maximum Gasteiger partial charge on any atom is 0.244 e. The molecule has 0 aliphatic carbocycles. The Morgan fingerprint density at radius 3 is 2.71 bits per heavy atom. The van der Waals surface area contributed by atoms with Crippen LogP contribution in [0.5, 0.6) is 0 Å². The van der Waals surface area contributed by atoms with Crippen LogP contribution >= 0.6 is 34.8 Å². The fraction of sp³-hybridized carbons (Fsp3) is 0.538. The molecule has 0 spiro atoms. The van der Waals surface area contributed by atoms with E-state index in [0.29, 0.717) is 36.8 Å². The maximum atomic E-state index is 12.9. The van der Waals surface area contributed by atoms with Gasteiger partial charge < -0.3 is 4.74 Å². The SMILES string of the molecule is CCC1COCCN1S(=O)(=O)c1ccc(Cl)c(CCl)c1Cl. The van der Waals surface area contributed by atoms with Crippen LogP contribution in [0.2, 0.25) is 10.0 Å². The van der Waals surface area contributed by atoms with Gasteiger partial charge in [-0.25, -0.2) is 8.42 Å². The van der Waals surface area contributed by atoms with E-state index in [-0.39, 0.29) is 21.8 Å². The van der Waals surface area contributed by atoms with E-state index in [9.17, 15) is 8.42 Å². The highest BCUT2D eigenvalue weighted by Crippen LogP contribution is 2.34. The molecule has 1 aliphatic heterocycles. The monoisotopic (exact) mass is 371 g/mol. The first-order valence-electron chi connectivity index (χ1n) is 6.55. The Labute approximate surface area is 140 Å². The van der Waals surface area contributed by atoms with Gasteiger partial charge in [0.2, 0.25) is 10.0 Å². The van der Waals surface area contributed by atoms with E-state index in [0.717, 1.165) is 0 Å². The van der Waals surface area contributed by atoms with E-state index in [2.05, 4.69) is 0 Å². The second-order valence-electron chi connectivity index (χ2n) is 4.72. The highest BCUT2D eigenvalue weighted by atomic mass is 35.5. The van der Waals surface area contributed by atoms with Gasteiger partial charge in [-0.2, -0.15) is 4.31 Å². The zero-order valence-electron chi connectivity index (χ0n) is 11.5. The molecule has 0 amide bonds. The molecular formula is C13H16Cl3NO3S. The van der Waals surface area contributed by atoms with Gasteiger partial charge in [0.05, 0.1) is 24.1 Å². The Balaban J connectivity index is 2.49. The number of hydrogen-bond donors (Lipinski definition) is 0. The Bertz CT molecular complexity index is 621. The van der Waals surface area contributed by atoms with Crippen molar-refractivity contribution in [3.8, 4) is 0 Å². The Kier molecular flexibility index (Phi) is 5.79. The van der Waals surface area contributed by atoms with Crippen LogP contribution in [0.15, 0.2) is 17.0 Å². The number of sulfonamides is 1. The zero-order valence-corrected chi connectivity index (χ0v) is 14.6. The Hall–Kier alpha value is -0.0400. The molecule has 4 nitrogen and oxygen atoms in total. The lowest BCUT2D eigenvalue weighted by atomic mass is 10.2. The van der Waals surface area contributed by atoms with E-state index in [1.165, 1.54) is 16.4 Å². The minimum absolute atomic E-state index is 0.0459. The molecule has 0 N–H and O–H groups in total. The van der Waals surface area contributed by atoms with Crippen LogP contribution in [-0.4, -0.2) is 38.5 Å². The van der Waals surface area contributed by atoms with Crippen molar-refractivity contribution in [1.82, 2.24) is 4.31 Å². The van der Waals surface area contributed by atoms with Crippen molar-refractivity contribution < 1.29 is 13.2 Å². The summed E-state index contributed by atoms with van der Waals surface area (Å²) in [5.41, 5.74) is 0.433. The van der Waals surface area contributed by atoms with Crippen LogP contribution in [-0.2, 0) is 20.6 Å². The first-order valence-corrected chi connectivity index (χ1v) is 9.29. The van der Waals surface area contributed by atoms with Crippen molar-refractivity contribution in [2.24, 2.45) is 0 Å². The number of alkyl halides is 1. The van der Waals surface area contributed by atoms with Crippen LogP contribution in [0, 0.1) is 0 Å². The van der Waals surface area contributed by atoms with Gasteiger partial charge in [0, 0.05) is 23.2 Å². The van der Waals surface area contributed by atoms with Crippen molar-refractivity contribution in [3.05, 3.63) is 27.7 Å². The molecule has 2 rings (SSSR count). The highest BCUT2D eigenvalue weighted by Gasteiger charge is 2.35. The summed E-state index contributed by atoms with van der Waals surface area (Å²) in [4.78, 5) is 0.0459. The fourth-order valence-corrected chi connectivity index (χ4v) is 5.27. The van der Waals surface area contributed by atoms with E-state index >= 15 is 0 Å². The molecule has 1 aliphatic rings. The molecule has 0 radical (unpaired) electrons. The quantitative estimate of drug-likeness (QED) is 0.760. The predicted octanol–water partition coefficient (Wildman–Crippen LogP) is 3.53. The van der Waals surface area contributed by atoms with Crippen LogP contribution < -0.4 is 0 Å². The molecule has 0 bridgehead atoms. The normalized spacial score (nSPS) is 20.7. The molecular weight excluding hydrogens is 357 g/mol. The van der Waals surface area contributed by atoms with Crippen LogP contribution in [0.1, 0.15) is 18.9 Å². The lowest BCUT2D eigenvalue weighted by Gasteiger charge is -2.34. The minimum atomic E-state index is -3.70. The summed E-state index contributed by atoms with van der Waals surface area (Å²) in [6, 6.07) is 2.76. The van der Waals surface area contributed by atoms with Gasteiger partial charge in [0.15, 0.2) is 0 Å². The number of halogens is 3. The molecule has 1 aromatic rings. The van der Waals surface area contributed by atoms with Crippen molar-refractivity contribution in [3.63, 3.8) is 0 Å². The van der Waals surface area contributed by atoms with E-state index < -0.39 is 10.0 Å². The Morgan fingerprint density at radius 1 is 1.38 bits per heavy atom. The number of benzene rings is 1. The average molecular weight is 373 g/mol. The molecule has 1 aromatic carbocycles. The molecule has 21 heavy (non-hydrogen) atoms. The van der Waals surface area contributed by atoms with E-state index in [1.807, 2.05) is 6.92 Å². The van der Waals surface area contributed by atoms with Crippen LogP contribution in [0.25, 0.3) is 0 Å². The van der Waals surface area contributed by atoms with Gasteiger partial charge in [-0.3, -0.25) is 0 Å². The largest absolute Gasteiger partial charge is 0.378 e. The number of rotatable bonds is 4. The first kappa shape index (κ1) is 17.3. The van der Waals surface area contributed by atoms with Crippen molar-refractivity contribution in [2.45, 2.75) is 30.2 Å². The second kappa shape index (κ2) is 7.02. The summed E-state index contributed by atoms with van der Waals surface area (Å²) in [6.07, 6.45) is 0.673.